The molecule has 0 bridgehead atoms. The zero-order valence-electron chi connectivity index (χ0n) is 12.0. The van der Waals surface area contributed by atoms with E-state index >= 15 is 0 Å². The molecule has 1 atom stereocenters. The number of fused-ring (bicyclic) bond motifs is 1. The molecule has 1 aromatic carbocycles. The Morgan fingerprint density at radius 1 is 1.38 bits per heavy atom. The predicted octanol–water partition coefficient (Wildman–Crippen LogP) is 1.63. The number of benzene rings is 1. The third-order valence-corrected chi connectivity index (χ3v) is 2.72. The van der Waals surface area contributed by atoms with Crippen LogP contribution in [0.25, 0.3) is 0 Å². The molecule has 1 aliphatic heterocycles. The Balaban J connectivity index is 0.00000220. The second-order valence-corrected chi connectivity index (χ2v) is 4.27. The number of aliphatic imine (C=N–C) groups is 1. The highest BCUT2D eigenvalue weighted by Crippen LogP contribution is 2.30. The summed E-state index contributed by atoms with van der Waals surface area (Å²) in [4.78, 5) is 4.44. The number of hydrogen-bond donors (Lipinski definition) is 2. The van der Waals surface area contributed by atoms with E-state index in [0.29, 0.717) is 25.7 Å². The molecule has 2 N–H and O–H groups in total. The second kappa shape index (κ2) is 9.34. The van der Waals surface area contributed by atoms with Crippen molar-refractivity contribution >= 4 is 29.9 Å². The summed E-state index contributed by atoms with van der Waals surface area (Å²) in [5.41, 5.74) is 0. The van der Waals surface area contributed by atoms with E-state index in [1.165, 1.54) is 0 Å². The number of nitrogens with zero attached hydrogens (tertiary/aromatic N) is 1. The standard InChI is InChI=1S/C15H19N3O2.HI/c1-3-9-17-15(16-4-2)18-10-12-11-19-13-7-5-6-8-14(13)20-12;/h1,5-8,12H,4,9-11H2,2H3,(H2,16,17,18);1H. The minimum atomic E-state index is -0.0915. The number of guanidine groups is 1. The van der Waals surface area contributed by atoms with E-state index in [9.17, 15) is 0 Å². The van der Waals surface area contributed by atoms with Crippen molar-refractivity contribution < 1.29 is 9.47 Å². The number of halogens is 1. The molecular weight excluding hydrogens is 381 g/mol. The van der Waals surface area contributed by atoms with Crippen molar-refractivity contribution in [3.63, 3.8) is 0 Å². The Hall–Kier alpha value is -1.62. The van der Waals surface area contributed by atoms with E-state index in [0.717, 1.165) is 18.0 Å². The van der Waals surface area contributed by atoms with Gasteiger partial charge in [0, 0.05) is 6.54 Å². The Bertz CT molecular complexity index is 514. The molecule has 6 heteroatoms. The fourth-order valence-corrected chi connectivity index (χ4v) is 1.82. The first-order valence-electron chi connectivity index (χ1n) is 6.67. The molecule has 114 valence electrons. The van der Waals surface area contributed by atoms with Crippen LogP contribution >= 0.6 is 24.0 Å². The highest BCUT2D eigenvalue weighted by Gasteiger charge is 2.20. The monoisotopic (exact) mass is 401 g/mol. The molecular formula is C15H20IN3O2. The summed E-state index contributed by atoms with van der Waals surface area (Å²) < 4.78 is 11.5. The highest BCUT2D eigenvalue weighted by molar-refractivity contribution is 14.0. The van der Waals surface area contributed by atoms with Crippen molar-refractivity contribution in [1.82, 2.24) is 10.6 Å². The third kappa shape index (κ3) is 5.34. The van der Waals surface area contributed by atoms with Crippen molar-refractivity contribution in [3.8, 4) is 23.8 Å². The minimum Gasteiger partial charge on any atom is -0.486 e. The molecule has 0 aliphatic carbocycles. The van der Waals surface area contributed by atoms with Crippen LogP contribution in [-0.2, 0) is 0 Å². The molecule has 0 saturated carbocycles. The van der Waals surface area contributed by atoms with Gasteiger partial charge in [-0.25, -0.2) is 4.99 Å². The molecule has 0 aromatic heterocycles. The number of hydrogen-bond acceptors (Lipinski definition) is 3. The van der Waals surface area contributed by atoms with Crippen LogP contribution in [0.3, 0.4) is 0 Å². The van der Waals surface area contributed by atoms with Crippen LogP contribution in [0.15, 0.2) is 29.3 Å². The second-order valence-electron chi connectivity index (χ2n) is 4.27. The third-order valence-electron chi connectivity index (χ3n) is 2.72. The highest BCUT2D eigenvalue weighted by atomic mass is 127. The molecule has 0 amide bonds. The Morgan fingerprint density at radius 2 is 2.14 bits per heavy atom. The summed E-state index contributed by atoms with van der Waals surface area (Å²) in [6.45, 7) is 4.23. The number of nitrogens with one attached hydrogen (secondary N) is 2. The van der Waals surface area contributed by atoms with E-state index in [-0.39, 0.29) is 30.1 Å². The van der Waals surface area contributed by atoms with Crippen LogP contribution in [0, 0.1) is 12.3 Å². The number of ether oxygens (including phenoxy) is 2. The number of rotatable bonds is 4. The normalized spacial score (nSPS) is 16.4. The molecule has 1 aliphatic rings. The molecule has 1 unspecified atom stereocenters. The van der Waals surface area contributed by atoms with Crippen molar-refractivity contribution in [2.45, 2.75) is 13.0 Å². The maximum atomic E-state index is 5.84. The average molecular weight is 401 g/mol. The Kier molecular flexibility index (Phi) is 7.75. The van der Waals surface area contributed by atoms with Gasteiger partial charge in [0.05, 0.1) is 13.1 Å². The quantitative estimate of drug-likeness (QED) is 0.349. The summed E-state index contributed by atoms with van der Waals surface area (Å²) >= 11 is 0. The van der Waals surface area contributed by atoms with Crippen LogP contribution in [0.4, 0.5) is 0 Å². The van der Waals surface area contributed by atoms with Gasteiger partial charge in [-0.15, -0.1) is 30.4 Å². The van der Waals surface area contributed by atoms with Gasteiger partial charge in [0.25, 0.3) is 0 Å². The molecule has 0 fully saturated rings. The maximum absolute atomic E-state index is 5.84. The van der Waals surface area contributed by atoms with Gasteiger partial charge in [0.2, 0.25) is 0 Å². The summed E-state index contributed by atoms with van der Waals surface area (Å²) in [7, 11) is 0. The maximum Gasteiger partial charge on any atom is 0.192 e. The largest absolute Gasteiger partial charge is 0.486 e. The van der Waals surface area contributed by atoms with Crippen molar-refractivity contribution in [1.29, 1.82) is 0 Å². The minimum absolute atomic E-state index is 0. The van der Waals surface area contributed by atoms with Gasteiger partial charge in [-0.3, -0.25) is 0 Å². The zero-order chi connectivity index (χ0) is 14.2. The topological polar surface area (TPSA) is 54.9 Å². The first-order valence-corrected chi connectivity index (χ1v) is 6.67. The predicted molar refractivity (Wildman–Crippen MR) is 94.6 cm³/mol. The molecule has 1 heterocycles. The van der Waals surface area contributed by atoms with Gasteiger partial charge in [-0.05, 0) is 19.1 Å². The molecule has 0 spiro atoms. The lowest BCUT2D eigenvalue weighted by molar-refractivity contribution is 0.0971. The van der Waals surface area contributed by atoms with Gasteiger partial charge >= 0.3 is 0 Å². The zero-order valence-corrected chi connectivity index (χ0v) is 14.3. The Labute approximate surface area is 142 Å². The molecule has 0 saturated heterocycles. The average Bonchev–Trinajstić information content (AvgIpc) is 2.50. The van der Waals surface area contributed by atoms with Gasteiger partial charge in [-0.2, -0.15) is 0 Å². The first-order chi connectivity index (χ1) is 9.83. The molecule has 2 rings (SSSR count). The number of terminal acetylenes is 1. The van der Waals surface area contributed by atoms with Crippen LogP contribution in [0.5, 0.6) is 11.5 Å². The fourth-order valence-electron chi connectivity index (χ4n) is 1.82. The van der Waals surface area contributed by atoms with Gasteiger partial charge in [-0.1, -0.05) is 18.1 Å². The lowest BCUT2D eigenvalue weighted by Crippen LogP contribution is -2.39. The van der Waals surface area contributed by atoms with E-state index in [1.807, 2.05) is 31.2 Å². The summed E-state index contributed by atoms with van der Waals surface area (Å²) in [6, 6.07) is 7.64. The first kappa shape index (κ1) is 17.4. The molecule has 0 radical (unpaired) electrons. The van der Waals surface area contributed by atoms with Crippen molar-refractivity contribution in [2.75, 3.05) is 26.2 Å². The van der Waals surface area contributed by atoms with E-state index in [1.54, 1.807) is 0 Å². The van der Waals surface area contributed by atoms with Crippen LogP contribution in [-0.4, -0.2) is 38.3 Å². The fraction of sp³-hybridized carbons (Fsp3) is 0.400. The van der Waals surface area contributed by atoms with Crippen LogP contribution < -0.4 is 20.1 Å². The smallest absolute Gasteiger partial charge is 0.192 e. The van der Waals surface area contributed by atoms with Gasteiger partial charge in [0.15, 0.2) is 23.6 Å². The molecule has 5 nitrogen and oxygen atoms in total. The molecule has 21 heavy (non-hydrogen) atoms. The summed E-state index contributed by atoms with van der Waals surface area (Å²) in [5.74, 6) is 4.75. The van der Waals surface area contributed by atoms with E-state index in [2.05, 4.69) is 21.5 Å². The lowest BCUT2D eigenvalue weighted by Gasteiger charge is -2.25. The van der Waals surface area contributed by atoms with Crippen molar-refractivity contribution in [3.05, 3.63) is 24.3 Å². The van der Waals surface area contributed by atoms with Crippen LogP contribution in [0.2, 0.25) is 0 Å². The van der Waals surface area contributed by atoms with Gasteiger partial charge < -0.3 is 20.1 Å². The van der Waals surface area contributed by atoms with Crippen molar-refractivity contribution in [2.24, 2.45) is 4.99 Å². The number of para-hydroxylation sites is 2. The molecule has 1 aromatic rings. The van der Waals surface area contributed by atoms with E-state index in [4.69, 9.17) is 15.9 Å². The van der Waals surface area contributed by atoms with Gasteiger partial charge in [0.1, 0.15) is 6.61 Å². The lowest BCUT2D eigenvalue weighted by atomic mass is 10.2. The Morgan fingerprint density at radius 3 is 2.86 bits per heavy atom. The SMILES string of the molecule is C#CCNC(=NCC1COc2ccccc2O1)NCC.I. The van der Waals surface area contributed by atoms with Crippen LogP contribution in [0.1, 0.15) is 6.92 Å². The van der Waals surface area contributed by atoms with E-state index < -0.39 is 0 Å². The summed E-state index contributed by atoms with van der Waals surface area (Å²) in [6.07, 6.45) is 5.13. The summed E-state index contributed by atoms with van der Waals surface area (Å²) in [5, 5.41) is 6.16.